The molecule has 2 fully saturated rings. The van der Waals surface area contributed by atoms with Crippen LogP contribution in [-0.4, -0.2) is 51.2 Å². The van der Waals surface area contributed by atoms with Gasteiger partial charge in [0.2, 0.25) is 5.91 Å². The number of aliphatic imine (C=N–C) groups is 1. The van der Waals surface area contributed by atoms with Gasteiger partial charge in [-0.15, -0.1) is 0 Å². The lowest BCUT2D eigenvalue weighted by atomic mass is 9.79. The average Bonchev–Trinajstić information content (AvgIpc) is 3.21. The molecule has 2 aliphatic rings. The van der Waals surface area contributed by atoms with E-state index in [4.69, 9.17) is 15.7 Å². The molecule has 0 radical (unpaired) electrons. The number of nitrogens with zero attached hydrogens (tertiary/aromatic N) is 3. The molecule has 0 spiro atoms. The molecule has 2 unspecified atom stereocenters. The van der Waals surface area contributed by atoms with Crippen LogP contribution >= 0.6 is 0 Å². The van der Waals surface area contributed by atoms with Gasteiger partial charge in [-0.3, -0.25) is 24.8 Å². The normalized spacial score (nSPS) is 20.7. The maximum Gasteiger partial charge on any atom is 0.266 e. The van der Waals surface area contributed by atoms with Crippen molar-refractivity contribution in [3.05, 3.63) is 82.8 Å². The van der Waals surface area contributed by atoms with Crippen molar-refractivity contribution < 1.29 is 19.5 Å². The fourth-order valence-corrected chi connectivity index (χ4v) is 5.85. The Morgan fingerprint density at radius 3 is 2.30 bits per heavy atom. The molecule has 3 atom stereocenters. The summed E-state index contributed by atoms with van der Waals surface area (Å²) in [7, 11) is 0. The molecule has 4 N–H and O–H groups in total. The number of hydrogen-bond acceptors (Lipinski definition) is 7. The van der Waals surface area contributed by atoms with Gasteiger partial charge in [0, 0.05) is 28.8 Å². The molecule has 44 heavy (non-hydrogen) atoms. The van der Waals surface area contributed by atoms with Crippen LogP contribution in [0.25, 0.3) is 0 Å². The Bertz CT molecular complexity index is 1330. The van der Waals surface area contributed by atoms with E-state index >= 15 is 0 Å². The first-order chi connectivity index (χ1) is 20.7. The van der Waals surface area contributed by atoms with Crippen LogP contribution in [0.1, 0.15) is 89.7 Å². The number of rotatable bonds is 7. The minimum absolute atomic E-state index is 0.0163. The Labute approximate surface area is 263 Å². The van der Waals surface area contributed by atoms with Gasteiger partial charge in [-0.25, -0.2) is 5.48 Å². The molecule has 2 aromatic rings. The number of benzene rings is 1. The molecule has 2 saturated heterocycles. The van der Waals surface area contributed by atoms with Crippen molar-refractivity contribution in [1.82, 2.24) is 15.4 Å². The van der Waals surface area contributed by atoms with Gasteiger partial charge < -0.3 is 15.4 Å². The number of amides is 2. The summed E-state index contributed by atoms with van der Waals surface area (Å²) in [5.41, 5.74) is 12.9. The number of allylic oxidation sites excluding steroid dienone is 3. The SMILES string of the molecule is C=C(C)N=C(C)C=C(C)C.CCN.Cc1cc(COc2ccc([C@]3(C)CC4CCCC(C(=O)NO)N4C3=O)cc2)cc(C)n1. The van der Waals surface area contributed by atoms with E-state index < -0.39 is 17.4 Å². The van der Waals surface area contributed by atoms with Crippen molar-refractivity contribution in [2.45, 2.75) is 105 Å². The van der Waals surface area contributed by atoms with Crippen molar-refractivity contribution in [2.75, 3.05) is 6.54 Å². The van der Waals surface area contributed by atoms with Gasteiger partial charge in [-0.2, -0.15) is 0 Å². The Morgan fingerprint density at radius 2 is 1.77 bits per heavy atom. The van der Waals surface area contributed by atoms with Crippen LogP contribution < -0.4 is 16.0 Å². The third-order valence-corrected chi connectivity index (χ3v) is 7.41. The fraction of sp³-hybridized carbons (Fsp3) is 0.486. The smallest absolute Gasteiger partial charge is 0.266 e. The van der Waals surface area contributed by atoms with Crippen LogP contribution in [-0.2, 0) is 21.6 Å². The van der Waals surface area contributed by atoms with E-state index in [9.17, 15) is 9.59 Å². The topological polar surface area (TPSA) is 130 Å². The van der Waals surface area contributed by atoms with Crippen LogP contribution in [0, 0.1) is 13.8 Å². The molecular weight excluding hydrogens is 554 g/mol. The first kappa shape index (κ1) is 36.4. The number of carbonyl (C=O) groups excluding carboxylic acids is 2. The molecule has 9 nitrogen and oxygen atoms in total. The zero-order chi connectivity index (χ0) is 33.0. The van der Waals surface area contributed by atoms with E-state index in [0.717, 1.165) is 59.1 Å². The lowest BCUT2D eigenvalue weighted by molar-refractivity contribution is -0.147. The second-order valence-corrected chi connectivity index (χ2v) is 12.0. The number of hydrogen-bond donors (Lipinski definition) is 3. The molecule has 2 amide bonds. The second kappa shape index (κ2) is 16.9. The van der Waals surface area contributed by atoms with E-state index in [1.165, 1.54) is 5.57 Å². The van der Waals surface area contributed by atoms with Gasteiger partial charge in [-0.1, -0.05) is 31.2 Å². The van der Waals surface area contributed by atoms with Crippen molar-refractivity contribution in [1.29, 1.82) is 0 Å². The van der Waals surface area contributed by atoms with E-state index in [1.807, 2.05) is 84.0 Å². The molecule has 0 aliphatic carbocycles. The summed E-state index contributed by atoms with van der Waals surface area (Å²) < 4.78 is 5.93. The molecule has 0 saturated carbocycles. The standard InChI is InChI=1S/C24H29N3O4.C9H15N.C2H7N/c1-15-11-17(12-16(2)25-15)14-31-20-9-7-18(8-10-20)24(3)13-19-5-4-6-21(22(28)26-30)27(19)23(24)29;1-7(2)6-9(5)10-8(3)4;1-2-3/h7-12,19,21,30H,4-6,13-14H2,1-3H3,(H,26,28);6H,3H2,1-2,4-5H3;2-3H2,1H3/t19?,21?,24-;;/m0../s1. The highest BCUT2D eigenvalue weighted by Crippen LogP contribution is 2.44. The van der Waals surface area contributed by atoms with Gasteiger partial charge in [0.15, 0.2) is 0 Å². The Hall–Kier alpha value is -3.82. The molecule has 4 rings (SSSR count). The van der Waals surface area contributed by atoms with Crippen LogP contribution in [0.3, 0.4) is 0 Å². The molecule has 2 aliphatic heterocycles. The Morgan fingerprint density at radius 1 is 1.18 bits per heavy atom. The number of aryl methyl sites for hydroxylation is 2. The van der Waals surface area contributed by atoms with Crippen molar-refractivity contribution in [2.24, 2.45) is 10.7 Å². The van der Waals surface area contributed by atoms with Crippen LogP contribution in [0.5, 0.6) is 5.75 Å². The Kier molecular flexibility index (Phi) is 13.9. The number of piperidine rings is 1. The van der Waals surface area contributed by atoms with E-state index in [-0.39, 0.29) is 11.9 Å². The predicted molar refractivity (Wildman–Crippen MR) is 177 cm³/mol. The third-order valence-electron chi connectivity index (χ3n) is 7.41. The highest BCUT2D eigenvalue weighted by atomic mass is 16.5. The van der Waals surface area contributed by atoms with Gasteiger partial charge in [0.05, 0.1) is 5.41 Å². The number of aromatic nitrogens is 1. The summed E-state index contributed by atoms with van der Waals surface area (Å²) in [6, 6.07) is 11.1. The zero-order valence-electron chi connectivity index (χ0n) is 27.7. The third kappa shape index (κ3) is 10.1. The number of nitrogens with two attached hydrogens (primary N) is 1. The maximum atomic E-state index is 13.4. The minimum Gasteiger partial charge on any atom is -0.489 e. The fourth-order valence-electron chi connectivity index (χ4n) is 5.85. The van der Waals surface area contributed by atoms with Gasteiger partial charge in [-0.05, 0) is 122 Å². The quantitative estimate of drug-likeness (QED) is 0.198. The molecule has 1 aromatic carbocycles. The summed E-state index contributed by atoms with van der Waals surface area (Å²) >= 11 is 0. The van der Waals surface area contributed by atoms with Gasteiger partial charge >= 0.3 is 0 Å². The number of hydroxylamine groups is 1. The van der Waals surface area contributed by atoms with Gasteiger partial charge in [0.1, 0.15) is 18.4 Å². The van der Waals surface area contributed by atoms with Crippen LogP contribution in [0.15, 0.2) is 65.3 Å². The number of fused-ring (bicyclic) bond motifs is 1. The summed E-state index contributed by atoms with van der Waals surface area (Å²) in [6.07, 6.45) is 5.02. The highest BCUT2D eigenvalue weighted by Gasteiger charge is 2.53. The van der Waals surface area contributed by atoms with Crippen molar-refractivity contribution in [3.63, 3.8) is 0 Å². The number of ether oxygens (including phenoxy) is 1. The second-order valence-electron chi connectivity index (χ2n) is 12.0. The molecule has 0 bridgehead atoms. The average molecular weight is 606 g/mol. The highest BCUT2D eigenvalue weighted by molar-refractivity contribution is 5.95. The number of pyridine rings is 1. The largest absolute Gasteiger partial charge is 0.489 e. The first-order valence-corrected chi connectivity index (χ1v) is 15.3. The molecule has 3 heterocycles. The Balaban J connectivity index is 0.000000439. The molecule has 9 heteroatoms. The predicted octanol–water partition coefficient (Wildman–Crippen LogP) is 6.11. The van der Waals surface area contributed by atoms with Crippen LogP contribution in [0.4, 0.5) is 0 Å². The molecule has 240 valence electrons. The van der Waals surface area contributed by atoms with E-state index in [0.29, 0.717) is 19.4 Å². The summed E-state index contributed by atoms with van der Waals surface area (Å²) in [5, 5.41) is 9.08. The van der Waals surface area contributed by atoms with E-state index in [2.05, 4.69) is 30.4 Å². The maximum absolute atomic E-state index is 13.4. The summed E-state index contributed by atoms with van der Waals surface area (Å²) in [4.78, 5) is 35.7. The summed E-state index contributed by atoms with van der Waals surface area (Å²) in [5.74, 6) is 0.176. The van der Waals surface area contributed by atoms with E-state index in [1.54, 1.807) is 10.4 Å². The lowest BCUT2D eigenvalue weighted by Crippen LogP contribution is -2.53. The summed E-state index contributed by atoms with van der Waals surface area (Å²) in [6.45, 7) is 20.6. The first-order valence-electron chi connectivity index (χ1n) is 15.3. The van der Waals surface area contributed by atoms with Crippen molar-refractivity contribution >= 4 is 17.5 Å². The number of nitrogens with one attached hydrogen (secondary N) is 1. The number of carbonyl (C=O) groups is 2. The molecular formula is C35H51N5O4. The van der Waals surface area contributed by atoms with Gasteiger partial charge in [0.25, 0.3) is 5.91 Å². The zero-order valence-corrected chi connectivity index (χ0v) is 27.7. The minimum atomic E-state index is -0.694. The van der Waals surface area contributed by atoms with Crippen molar-refractivity contribution in [3.8, 4) is 5.75 Å². The lowest BCUT2D eigenvalue weighted by Gasteiger charge is -2.36. The molecule has 1 aromatic heterocycles. The monoisotopic (exact) mass is 605 g/mol. The van der Waals surface area contributed by atoms with Crippen LogP contribution in [0.2, 0.25) is 0 Å².